The molecule has 1 heterocycles. The second kappa shape index (κ2) is 9.34. The number of hydrogen-bond acceptors (Lipinski definition) is 2. The van der Waals surface area contributed by atoms with E-state index in [1.165, 1.54) is 38.5 Å². The molecule has 1 aromatic heterocycles. The Labute approximate surface area is 218 Å². The molecule has 3 N–H and O–H groups in total. The Kier molecular flexibility index (Phi) is 5.82. The smallest absolute Gasteiger partial charge is 0.251 e. The first kappa shape index (κ1) is 23.1. The second-order valence-corrected chi connectivity index (χ2v) is 12.3. The van der Waals surface area contributed by atoms with E-state index >= 15 is 0 Å². The zero-order valence-electron chi connectivity index (χ0n) is 21.5. The fraction of sp³-hybridized carbons (Fsp3) is 0.500. The van der Waals surface area contributed by atoms with Gasteiger partial charge in [-0.2, -0.15) is 0 Å². The molecule has 5 saturated carbocycles. The molecular weight excluding hydrogens is 458 g/mol. The van der Waals surface area contributed by atoms with E-state index in [0.717, 1.165) is 70.9 Å². The summed E-state index contributed by atoms with van der Waals surface area (Å²) in [6.45, 7) is 0. The number of aromatic nitrogens is 1. The van der Waals surface area contributed by atoms with Crippen molar-refractivity contribution in [1.29, 1.82) is 0 Å². The van der Waals surface area contributed by atoms with Gasteiger partial charge in [0.1, 0.15) is 0 Å². The average molecular weight is 496 g/mol. The van der Waals surface area contributed by atoms with E-state index in [0.29, 0.717) is 17.9 Å². The van der Waals surface area contributed by atoms with E-state index in [-0.39, 0.29) is 17.7 Å². The van der Waals surface area contributed by atoms with E-state index < -0.39 is 0 Å². The molecule has 4 bridgehead atoms. The van der Waals surface area contributed by atoms with E-state index in [2.05, 4.69) is 21.7 Å². The Bertz CT molecular complexity index is 1290. The van der Waals surface area contributed by atoms with Crippen molar-refractivity contribution in [3.8, 4) is 11.3 Å². The Hall–Kier alpha value is -3.08. The van der Waals surface area contributed by atoms with Gasteiger partial charge < -0.3 is 15.6 Å². The van der Waals surface area contributed by atoms with Crippen molar-refractivity contribution < 1.29 is 9.59 Å². The van der Waals surface area contributed by atoms with Gasteiger partial charge in [-0.3, -0.25) is 9.59 Å². The van der Waals surface area contributed by atoms with E-state index in [1.54, 1.807) is 0 Å². The molecule has 3 aromatic rings. The minimum atomic E-state index is 0.0635. The summed E-state index contributed by atoms with van der Waals surface area (Å²) < 4.78 is 0. The van der Waals surface area contributed by atoms with Crippen LogP contribution in [0, 0.1) is 29.6 Å². The molecule has 37 heavy (non-hydrogen) atoms. The van der Waals surface area contributed by atoms with Crippen molar-refractivity contribution in [2.45, 2.75) is 70.3 Å². The van der Waals surface area contributed by atoms with Crippen LogP contribution >= 0.6 is 0 Å². The van der Waals surface area contributed by atoms with Gasteiger partial charge in [-0.15, -0.1) is 0 Å². The Morgan fingerprint density at radius 1 is 0.784 bits per heavy atom. The van der Waals surface area contributed by atoms with Gasteiger partial charge in [0.15, 0.2) is 0 Å². The van der Waals surface area contributed by atoms with E-state index in [4.69, 9.17) is 0 Å². The van der Waals surface area contributed by atoms with Gasteiger partial charge in [0, 0.05) is 39.8 Å². The number of aromatic amines is 1. The van der Waals surface area contributed by atoms with Crippen LogP contribution in [0.5, 0.6) is 0 Å². The van der Waals surface area contributed by atoms with Crippen molar-refractivity contribution in [2.75, 3.05) is 5.32 Å². The van der Waals surface area contributed by atoms with Gasteiger partial charge in [-0.05, 0) is 105 Å². The number of benzene rings is 2. The normalized spacial score (nSPS) is 28.9. The third-order valence-corrected chi connectivity index (χ3v) is 9.85. The predicted octanol–water partition coefficient (Wildman–Crippen LogP) is 6.91. The number of anilines is 1. The molecule has 5 fully saturated rings. The predicted molar refractivity (Wildman–Crippen MR) is 147 cm³/mol. The zero-order chi connectivity index (χ0) is 24.9. The van der Waals surface area contributed by atoms with Crippen molar-refractivity contribution in [3.05, 3.63) is 54.1 Å². The van der Waals surface area contributed by atoms with Crippen LogP contribution < -0.4 is 10.6 Å². The van der Waals surface area contributed by atoms with E-state index in [9.17, 15) is 9.59 Å². The first-order valence-corrected chi connectivity index (χ1v) is 14.4. The third-order valence-electron chi connectivity index (χ3n) is 9.85. The number of fused-ring (bicyclic) bond motifs is 1. The Morgan fingerprint density at radius 2 is 1.49 bits per heavy atom. The van der Waals surface area contributed by atoms with Gasteiger partial charge in [-0.1, -0.05) is 37.5 Å². The van der Waals surface area contributed by atoms with E-state index in [1.807, 2.05) is 42.5 Å². The third kappa shape index (κ3) is 4.47. The fourth-order valence-electron chi connectivity index (χ4n) is 8.16. The van der Waals surface area contributed by atoms with Gasteiger partial charge in [0.25, 0.3) is 5.91 Å². The molecule has 2 amide bonds. The molecule has 0 saturated heterocycles. The summed E-state index contributed by atoms with van der Waals surface area (Å²) in [6.07, 6.45) is 12.2. The fourth-order valence-corrected chi connectivity index (χ4v) is 8.16. The highest BCUT2D eigenvalue weighted by Crippen LogP contribution is 2.53. The molecule has 0 radical (unpaired) electrons. The van der Waals surface area contributed by atoms with Gasteiger partial charge in [0.2, 0.25) is 5.91 Å². The molecule has 2 aromatic carbocycles. The van der Waals surface area contributed by atoms with Crippen LogP contribution in [0.1, 0.15) is 74.6 Å². The first-order chi connectivity index (χ1) is 18.1. The summed E-state index contributed by atoms with van der Waals surface area (Å²) in [6, 6.07) is 16.5. The summed E-state index contributed by atoms with van der Waals surface area (Å²) in [7, 11) is 0. The number of H-pyrrole nitrogens is 1. The second-order valence-electron chi connectivity index (χ2n) is 12.3. The molecule has 8 rings (SSSR count). The highest BCUT2D eigenvalue weighted by molar-refractivity contribution is 5.99. The molecule has 0 spiro atoms. The zero-order valence-corrected chi connectivity index (χ0v) is 21.5. The van der Waals surface area contributed by atoms with Crippen molar-refractivity contribution in [3.63, 3.8) is 0 Å². The molecule has 192 valence electrons. The first-order valence-electron chi connectivity index (χ1n) is 14.4. The summed E-state index contributed by atoms with van der Waals surface area (Å²) in [4.78, 5) is 29.3. The van der Waals surface area contributed by atoms with Crippen LogP contribution in [0.3, 0.4) is 0 Å². The maximum atomic E-state index is 13.2. The summed E-state index contributed by atoms with van der Waals surface area (Å²) in [5.74, 6) is 3.54. The van der Waals surface area contributed by atoms with Crippen LogP contribution in [0.25, 0.3) is 22.2 Å². The van der Waals surface area contributed by atoms with Crippen molar-refractivity contribution >= 4 is 28.4 Å². The lowest BCUT2D eigenvalue weighted by molar-refractivity contribution is -0.120. The minimum absolute atomic E-state index is 0.0635. The van der Waals surface area contributed by atoms with Crippen molar-refractivity contribution in [2.24, 2.45) is 29.6 Å². The lowest BCUT2D eigenvalue weighted by Crippen LogP contribution is -2.55. The Balaban J connectivity index is 1.03. The number of hydrogen-bond donors (Lipinski definition) is 3. The van der Waals surface area contributed by atoms with Crippen LogP contribution in [0.15, 0.2) is 48.5 Å². The Morgan fingerprint density at radius 3 is 2.19 bits per heavy atom. The minimum Gasteiger partial charge on any atom is -0.355 e. The molecule has 5 aliphatic carbocycles. The lowest BCUT2D eigenvalue weighted by atomic mass is 9.54. The highest BCUT2D eigenvalue weighted by Gasteiger charge is 2.48. The van der Waals surface area contributed by atoms with Gasteiger partial charge in [0.05, 0.1) is 0 Å². The number of carbonyl (C=O) groups is 2. The molecule has 0 unspecified atom stereocenters. The summed E-state index contributed by atoms with van der Waals surface area (Å²) in [5.41, 5.74) is 4.63. The number of amides is 2. The molecule has 5 heteroatoms. The van der Waals surface area contributed by atoms with Crippen LogP contribution in [0.2, 0.25) is 0 Å². The SMILES string of the molecule is O=C(NC1C2CC3CC(C2)CC1C3)c1ccc2cc(-c3ccc(NC(=O)C4CCCCC4)cc3)[nH]c2c1. The maximum absolute atomic E-state index is 13.2. The largest absolute Gasteiger partial charge is 0.355 e. The molecule has 5 aliphatic rings. The van der Waals surface area contributed by atoms with Gasteiger partial charge in [-0.25, -0.2) is 0 Å². The standard InChI is InChI=1S/C32H37N3O2/c36-31(22-4-2-1-3-5-22)33-27-10-8-21(9-11-27)28-17-23-6-7-24(18-29(23)34-28)32(37)35-30-25-13-19-12-20(15-25)16-26(30)14-19/h6-11,17-20,22,25-26,30,34H,1-5,12-16H2,(H,33,36)(H,35,37). The van der Waals surface area contributed by atoms with Crippen LogP contribution in [-0.2, 0) is 4.79 Å². The lowest BCUT2D eigenvalue weighted by Gasteiger charge is -2.54. The molecule has 0 atom stereocenters. The highest BCUT2D eigenvalue weighted by atomic mass is 16.2. The average Bonchev–Trinajstić information content (AvgIpc) is 3.35. The molecule has 0 aliphatic heterocycles. The summed E-state index contributed by atoms with van der Waals surface area (Å²) >= 11 is 0. The van der Waals surface area contributed by atoms with Gasteiger partial charge >= 0.3 is 0 Å². The molecular formula is C32H37N3O2. The van der Waals surface area contributed by atoms with Crippen molar-refractivity contribution in [1.82, 2.24) is 10.3 Å². The van der Waals surface area contributed by atoms with Crippen LogP contribution in [0.4, 0.5) is 5.69 Å². The molecule has 5 nitrogen and oxygen atoms in total. The maximum Gasteiger partial charge on any atom is 0.251 e. The topological polar surface area (TPSA) is 74.0 Å². The number of nitrogens with one attached hydrogen (secondary N) is 3. The number of rotatable bonds is 5. The summed E-state index contributed by atoms with van der Waals surface area (Å²) in [5, 5.41) is 7.63. The number of carbonyl (C=O) groups excluding carboxylic acids is 2. The monoisotopic (exact) mass is 495 g/mol. The quantitative estimate of drug-likeness (QED) is 0.360. The van der Waals surface area contributed by atoms with Crippen LogP contribution in [-0.4, -0.2) is 22.8 Å².